The molecule has 0 radical (unpaired) electrons. The lowest BCUT2D eigenvalue weighted by Crippen LogP contribution is -2.28. The van der Waals surface area contributed by atoms with Gasteiger partial charge in [-0.15, -0.1) is 0 Å². The predicted molar refractivity (Wildman–Crippen MR) is 271 cm³/mol. The van der Waals surface area contributed by atoms with Gasteiger partial charge in [-0.3, -0.25) is 0 Å². The van der Waals surface area contributed by atoms with Gasteiger partial charge in [0.2, 0.25) is 0 Å². The smallest absolute Gasteiger partial charge is 0.0714 e. The van der Waals surface area contributed by atoms with Crippen LogP contribution in [0.3, 0.4) is 0 Å². The van der Waals surface area contributed by atoms with Crippen molar-refractivity contribution in [3.05, 3.63) is 232 Å². The molecule has 0 spiro atoms. The minimum Gasteiger partial charge on any atom is -0.309 e. The van der Waals surface area contributed by atoms with Crippen LogP contribution in [0.4, 0.5) is 17.1 Å². The Morgan fingerprint density at radius 2 is 0.891 bits per heavy atom. The highest BCUT2D eigenvalue weighted by Gasteiger charge is 2.48. The molecule has 0 bridgehead atoms. The molecule has 1 heteroatoms. The van der Waals surface area contributed by atoms with Gasteiger partial charge in [-0.05, 0) is 113 Å². The molecule has 8 aromatic rings. The van der Waals surface area contributed by atoms with Crippen molar-refractivity contribution in [1.82, 2.24) is 0 Å². The lowest BCUT2D eigenvalue weighted by atomic mass is 9.68. The third kappa shape index (κ3) is 5.55. The van der Waals surface area contributed by atoms with Crippen LogP contribution in [0.2, 0.25) is 0 Å². The van der Waals surface area contributed by atoms with Gasteiger partial charge >= 0.3 is 0 Å². The third-order valence-corrected chi connectivity index (χ3v) is 15.2. The molecule has 0 heterocycles. The number of nitrogens with zero attached hydrogens (tertiary/aromatic N) is 1. The molecule has 1 nitrogen and oxygen atoms in total. The first-order chi connectivity index (χ1) is 30.6. The van der Waals surface area contributed by atoms with Gasteiger partial charge in [0.1, 0.15) is 0 Å². The normalized spacial score (nSPS) is 15.7. The van der Waals surface area contributed by atoms with E-state index in [1.54, 1.807) is 0 Å². The monoisotopic (exact) mass is 829 g/mol. The zero-order valence-electron chi connectivity index (χ0n) is 39.2. The standard InChI is InChI=1S/C63H59N/c1-59(2,3)42-37-47-57-50(62(9,10)58(47)53(38-42)60(4,5)6)31-21-33-55(57)64(43-35-36-45-44-27-17-19-29-48(44)61(7,8)52(45)39-43)54-34-22-32-51-56(54)46-28-18-20-30-49(46)63(51,40-23-13-11-14-24-40)41-25-15-12-16-26-41/h11-39H,1-10H3. The number of fused-ring (bicyclic) bond motifs is 9. The second kappa shape index (κ2) is 13.8. The Bertz CT molecular complexity index is 3130. The van der Waals surface area contributed by atoms with E-state index in [1.165, 1.54) is 106 Å². The van der Waals surface area contributed by atoms with E-state index in [-0.39, 0.29) is 21.7 Å². The second-order valence-corrected chi connectivity index (χ2v) is 21.7. The van der Waals surface area contributed by atoms with E-state index in [0.29, 0.717) is 0 Å². The fourth-order valence-electron chi connectivity index (χ4n) is 12.1. The summed E-state index contributed by atoms with van der Waals surface area (Å²) in [7, 11) is 0. The van der Waals surface area contributed by atoms with Crippen LogP contribution in [0.5, 0.6) is 0 Å². The lowest BCUT2D eigenvalue weighted by Gasteiger charge is -2.35. The maximum Gasteiger partial charge on any atom is 0.0714 e. The molecule has 0 saturated carbocycles. The highest BCUT2D eigenvalue weighted by atomic mass is 15.1. The predicted octanol–water partition coefficient (Wildman–Crippen LogP) is 16.7. The molecule has 0 atom stereocenters. The number of benzene rings is 8. The van der Waals surface area contributed by atoms with Crippen LogP contribution >= 0.6 is 0 Å². The van der Waals surface area contributed by atoms with Crippen molar-refractivity contribution < 1.29 is 0 Å². The fraction of sp³-hybridized carbons (Fsp3) is 0.238. The highest BCUT2D eigenvalue weighted by Crippen LogP contribution is 2.62. The van der Waals surface area contributed by atoms with E-state index in [9.17, 15) is 0 Å². The molecular formula is C63H59N. The summed E-state index contributed by atoms with van der Waals surface area (Å²) in [5, 5.41) is 0. The van der Waals surface area contributed by atoms with Crippen LogP contribution in [0.15, 0.2) is 176 Å². The molecule has 0 aliphatic heterocycles. The minimum absolute atomic E-state index is 0.0285. The first kappa shape index (κ1) is 40.3. The van der Waals surface area contributed by atoms with Crippen molar-refractivity contribution in [2.75, 3.05) is 4.90 Å². The maximum atomic E-state index is 2.64. The molecule has 3 aliphatic rings. The Labute approximate surface area is 381 Å². The van der Waals surface area contributed by atoms with Crippen LogP contribution < -0.4 is 4.90 Å². The van der Waals surface area contributed by atoms with Crippen molar-refractivity contribution in [2.24, 2.45) is 0 Å². The lowest BCUT2D eigenvalue weighted by molar-refractivity contribution is 0.545. The molecule has 8 aromatic carbocycles. The number of anilines is 3. The van der Waals surface area contributed by atoms with E-state index in [2.05, 4.69) is 250 Å². The average molecular weight is 830 g/mol. The molecule has 316 valence electrons. The van der Waals surface area contributed by atoms with E-state index < -0.39 is 5.41 Å². The summed E-state index contributed by atoms with van der Waals surface area (Å²) in [6.07, 6.45) is 0. The van der Waals surface area contributed by atoms with E-state index in [0.717, 1.165) is 0 Å². The van der Waals surface area contributed by atoms with Gasteiger partial charge in [-0.1, -0.05) is 221 Å². The molecule has 0 N–H and O–H groups in total. The van der Waals surface area contributed by atoms with Gasteiger partial charge in [0, 0.05) is 27.6 Å². The molecular weight excluding hydrogens is 771 g/mol. The summed E-state index contributed by atoms with van der Waals surface area (Å²) in [5.74, 6) is 0. The van der Waals surface area contributed by atoms with Crippen LogP contribution in [-0.4, -0.2) is 0 Å². The zero-order chi connectivity index (χ0) is 44.6. The van der Waals surface area contributed by atoms with Gasteiger partial charge in [0.15, 0.2) is 0 Å². The molecule has 64 heavy (non-hydrogen) atoms. The molecule has 3 aliphatic carbocycles. The number of rotatable bonds is 5. The van der Waals surface area contributed by atoms with Crippen molar-refractivity contribution in [1.29, 1.82) is 0 Å². The molecule has 0 amide bonds. The van der Waals surface area contributed by atoms with Crippen molar-refractivity contribution in [3.8, 4) is 33.4 Å². The molecule has 0 fully saturated rings. The molecule has 11 rings (SSSR count). The van der Waals surface area contributed by atoms with Gasteiger partial charge in [0.05, 0.1) is 16.8 Å². The Morgan fingerprint density at radius 3 is 1.50 bits per heavy atom. The summed E-state index contributed by atoms with van der Waals surface area (Å²) in [6, 6.07) is 67.2. The maximum absolute atomic E-state index is 2.64. The SMILES string of the molecule is CC(C)(C)c1cc2c(c(C(C)(C)C)c1)C(C)(C)c1cccc(N(c3ccc4c(c3)C(C)(C)c3ccccc3-4)c3cccc4c3-c3ccccc3C4(c3ccccc3)c3ccccc3)c1-2. The minimum atomic E-state index is -0.520. The van der Waals surface area contributed by atoms with Gasteiger partial charge in [-0.2, -0.15) is 0 Å². The van der Waals surface area contributed by atoms with Crippen LogP contribution in [0, 0.1) is 0 Å². The first-order valence-corrected chi connectivity index (χ1v) is 23.3. The second-order valence-electron chi connectivity index (χ2n) is 21.7. The van der Waals surface area contributed by atoms with Crippen LogP contribution in [0.25, 0.3) is 33.4 Å². The summed E-state index contributed by atoms with van der Waals surface area (Å²) in [5.41, 5.74) is 24.1. The quantitative estimate of drug-likeness (QED) is 0.167. The summed E-state index contributed by atoms with van der Waals surface area (Å²) in [6.45, 7) is 24.0. The van der Waals surface area contributed by atoms with E-state index in [1.807, 2.05) is 0 Å². The van der Waals surface area contributed by atoms with Gasteiger partial charge < -0.3 is 4.90 Å². The number of hydrogen-bond acceptors (Lipinski definition) is 1. The molecule has 0 unspecified atom stereocenters. The topological polar surface area (TPSA) is 3.24 Å². The summed E-state index contributed by atoms with van der Waals surface area (Å²) in [4.78, 5) is 2.64. The van der Waals surface area contributed by atoms with E-state index in [4.69, 9.17) is 0 Å². The van der Waals surface area contributed by atoms with Crippen LogP contribution in [0.1, 0.15) is 125 Å². The first-order valence-electron chi connectivity index (χ1n) is 23.3. The Kier molecular flexibility index (Phi) is 8.69. The average Bonchev–Trinajstić information content (AvgIpc) is 3.82. The van der Waals surface area contributed by atoms with E-state index >= 15 is 0 Å². The summed E-state index contributed by atoms with van der Waals surface area (Å²) < 4.78 is 0. The van der Waals surface area contributed by atoms with Crippen molar-refractivity contribution in [2.45, 2.75) is 96.3 Å². The fourth-order valence-corrected chi connectivity index (χ4v) is 12.1. The van der Waals surface area contributed by atoms with Crippen LogP contribution in [-0.2, 0) is 27.1 Å². The molecule has 0 saturated heterocycles. The number of hydrogen-bond donors (Lipinski definition) is 0. The van der Waals surface area contributed by atoms with Gasteiger partial charge in [0.25, 0.3) is 0 Å². The molecule has 0 aromatic heterocycles. The highest BCUT2D eigenvalue weighted by molar-refractivity contribution is 6.02. The largest absolute Gasteiger partial charge is 0.309 e. The Morgan fingerprint density at radius 1 is 0.375 bits per heavy atom. The van der Waals surface area contributed by atoms with Gasteiger partial charge in [-0.25, -0.2) is 0 Å². The third-order valence-electron chi connectivity index (χ3n) is 15.2. The van der Waals surface area contributed by atoms with Crippen molar-refractivity contribution >= 4 is 17.1 Å². The van der Waals surface area contributed by atoms with Crippen molar-refractivity contribution in [3.63, 3.8) is 0 Å². The Balaban J connectivity index is 1.27. The summed E-state index contributed by atoms with van der Waals surface area (Å²) >= 11 is 0. The Hall–Kier alpha value is -6.44. The zero-order valence-corrected chi connectivity index (χ0v) is 39.2.